The maximum absolute atomic E-state index is 7.56. The average Bonchev–Trinajstić information content (AvgIpc) is 3.59. The summed E-state index contributed by atoms with van der Waals surface area (Å²) in [7, 11) is 0. The lowest BCUT2D eigenvalue weighted by Gasteiger charge is -2.44. The number of rotatable bonds is 3. The molecule has 326 valence electrons. The normalized spacial score (nSPS) is 16.4. The first-order chi connectivity index (χ1) is 29.9. The minimum atomic E-state index is -0.118. The molecule has 0 N–H and O–H groups in total. The molecule has 0 atom stereocenters. The van der Waals surface area contributed by atoms with Crippen LogP contribution in [0.25, 0.3) is 22.1 Å². The predicted molar refractivity (Wildman–Crippen MR) is 277 cm³/mol. The molecule has 3 aliphatic rings. The summed E-state index contributed by atoms with van der Waals surface area (Å²) < 4.78 is 7.56. The quantitative estimate of drug-likeness (QED) is 0.165. The van der Waals surface area contributed by atoms with Crippen molar-refractivity contribution >= 4 is 68.4 Å². The highest BCUT2D eigenvalue weighted by atomic mass is 16.3. The Morgan fingerprint density at radius 3 is 1.75 bits per heavy atom. The molecular weight excluding hydrogens is 775 g/mol. The zero-order chi connectivity index (χ0) is 45.6. The van der Waals surface area contributed by atoms with E-state index in [0.29, 0.717) is 0 Å². The average molecular weight is 843 g/mol. The summed E-state index contributed by atoms with van der Waals surface area (Å²) in [5.74, 6) is 0. The van der Waals surface area contributed by atoms with E-state index < -0.39 is 0 Å². The van der Waals surface area contributed by atoms with Gasteiger partial charge in [-0.15, -0.1) is 0 Å². The van der Waals surface area contributed by atoms with Crippen LogP contribution in [0.5, 0.6) is 0 Å². The van der Waals surface area contributed by atoms with E-state index in [0.717, 1.165) is 29.8 Å². The lowest BCUT2D eigenvalue weighted by molar-refractivity contribution is 0.332. The van der Waals surface area contributed by atoms with Crippen molar-refractivity contribution in [3.63, 3.8) is 0 Å². The van der Waals surface area contributed by atoms with Crippen LogP contribution in [0.15, 0.2) is 114 Å². The van der Waals surface area contributed by atoms with Crippen molar-refractivity contribution in [2.24, 2.45) is 0 Å². The van der Waals surface area contributed by atoms with Crippen LogP contribution in [-0.4, -0.2) is 6.71 Å². The summed E-state index contributed by atoms with van der Waals surface area (Å²) in [6.07, 6.45) is 2.31. The molecule has 7 aromatic rings. The zero-order valence-electron chi connectivity index (χ0n) is 41.2. The number of anilines is 6. The Morgan fingerprint density at radius 2 is 1.14 bits per heavy atom. The third-order valence-corrected chi connectivity index (χ3v) is 15.2. The first-order valence-corrected chi connectivity index (χ1v) is 23.8. The maximum atomic E-state index is 7.56. The Kier molecular flexibility index (Phi) is 9.30. The van der Waals surface area contributed by atoms with Gasteiger partial charge in [-0.3, -0.25) is 0 Å². The molecule has 0 saturated carbocycles. The van der Waals surface area contributed by atoms with E-state index in [1.807, 2.05) is 0 Å². The number of aryl methyl sites for hydroxylation is 1. The largest absolute Gasteiger partial charge is 0.468 e. The van der Waals surface area contributed by atoms with Gasteiger partial charge < -0.3 is 14.2 Å². The van der Waals surface area contributed by atoms with Gasteiger partial charge in [0.2, 0.25) is 0 Å². The van der Waals surface area contributed by atoms with Gasteiger partial charge in [0.15, 0.2) is 0 Å². The van der Waals surface area contributed by atoms with E-state index in [1.54, 1.807) is 0 Å². The lowest BCUT2D eigenvalue weighted by Crippen LogP contribution is -2.61. The van der Waals surface area contributed by atoms with Gasteiger partial charge in [-0.1, -0.05) is 151 Å². The van der Waals surface area contributed by atoms with Crippen LogP contribution < -0.4 is 26.4 Å². The smallest absolute Gasteiger partial charge is 0.297 e. The fourth-order valence-corrected chi connectivity index (χ4v) is 11.3. The zero-order valence-corrected chi connectivity index (χ0v) is 41.2. The van der Waals surface area contributed by atoms with Crippen LogP contribution in [0.3, 0.4) is 0 Å². The van der Waals surface area contributed by atoms with Gasteiger partial charge in [-0.25, -0.2) is 0 Å². The van der Waals surface area contributed by atoms with Gasteiger partial charge >= 0.3 is 0 Å². The highest BCUT2D eigenvalue weighted by Gasteiger charge is 2.48. The number of benzene rings is 6. The van der Waals surface area contributed by atoms with Crippen LogP contribution in [-0.2, 0) is 27.1 Å². The van der Waals surface area contributed by atoms with Crippen molar-refractivity contribution in [2.45, 2.75) is 144 Å². The first kappa shape index (κ1) is 42.5. The molecule has 4 heteroatoms. The van der Waals surface area contributed by atoms with E-state index in [9.17, 15) is 0 Å². The Morgan fingerprint density at radius 1 is 0.547 bits per heavy atom. The van der Waals surface area contributed by atoms with Gasteiger partial charge in [0.1, 0.15) is 5.58 Å². The van der Waals surface area contributed by atoms with Crippen LogP contribution in [0.1, 0.15) is 142 Å². The van der Waals surface area contributed by atoms with Crippen LogP contribution in [0, 0.1) is 13.8 Å². The third kappa shape index (κ3) is 6.60. The fourth-order valence-electron chi connectivity index (χ4n) is 11.3. The molecule has 0 radical (unpaired) electrons. The van der Waals surface area contributed by atoms with Crippen molar-refractivity contribution < 1.29 is 4.42 Å². The van der Waals surface area contributed by atoms with Gasteiger partial charge in [0.25, 0.3) is 6.71 Å². The Bertz CT molecular complexity index is 3020. The number of furan rings is 1. The Labute approximate surface area is 384 Å². The van der Waals surface area contributed by atoms with E-state index in [4.69, 9.17) is 4.42 Å². The van der Waals surface area contributed by atoms with Crippen molar-refractivity contribution in [3.8, 4) is 11.1 Å². The van der Waals surface area contributed by atoms with Gasteiger partial charge in [0, 0.05) is 33.8 Å². The molecule has 64 heavy (non-hydrogen) atoms. The molecule has 10 rings (SSSR count). The van der Waals surface area contributed by atoms with E-state index in [1.165, 1.54) is 94.8 Å². The molecule has 0 saturated heterocycles. The number of hydrogen-bond acceptors (Lipinski definition) is 3. The number of nitrogens with zero attached hydrogens (tertiary/aromatic N) is 2. The summed E-state index contributed by atoms with van der Waals surface area (Å²) in [5, 5.41) is 1.19. The summed E-state index contributed by atoms with van der Waals surface area (Å²) in [6.45, 7) is 35.4. The van der Waals surface area contributed by atoms with Crippen LogP contribution in [0.2, 0.25) is 0 Å². The van der Waals surface area contributed by atoms with Crippen LogP contribution >= 0.6 is 0 Å². The number of hydrogen-bond donors (Lipinski definition) is 0. The second kappa shape index (κ2) is 14.0. The van der Waals surface area contributed by atoms with Crippen molar-refractivity contribution in [1.82, 2.24) is 0 Å². The second-order valence-electron chi connectivity index (χ2n) is 23.9. The molecule has 1 aromatic heterocycles. The maximum Gasteiger partial charge on any atom is 0.297 e. The Balaban J connectivity index is 1.33. The lowest BCUT2D eigenvalue weighted by atomic mass is 9.35. The van der Waals surface area contributed by atoms with Crippen molar-refractivity contribution in [3.05, 3.63) is 148 Å². The minimum absolute atomic E-state index is 0.0418. The molecule has 0 unspecified atom stereocenters. The molecule has 3 heterocycles. The SMILES string of the molecule is Cc1cc2c3c(c1)N(c1ccc(-c4ccccc4)cc1)c1c(oc4cc5c(cc14)C(C)(C)CCC5(C)C)B3c1cc(C(C)(C)C)ccc1N2c1cc(C(C)(C)C)cc(C(C)(C)C)c1C. The van der Waals surface area contributed by atoms with Crippen LogP contribution in [0.4, 0.5) is 34.1 Å². The van der Waals surface area contributed by atoms with Gasteiger partial charge in [-0.05, 0) is 163 Å². The molecule has 0 bridgehead atoms. The predicted octanol–water partition coefficient (Wildman–Crippen LogP) is 15.0. The van der Waals surface area contributed by atoms with Crippen molar-refractivity contribution in [2.75, 3.05) is 9.80 Å². The fraction of sp³-hybridized carbons (Fsp3) is 0.367. The molecule has 6 aromatic carbocycles. The first-order valence-electron chi connectivity index (χ1n) is 23.8. The second-order valence-corrected chi connectivity index (χ2v) is 23.9. The molecule has 2 aliphatic heterocycles. The molecule has 0 amide bonds. The Hall–Kier alpha value is -5.48. The van der Waals surface area contributed by atoms with E-state index in [2.05, 4.69) is 223 Å². The monoisotopic (exact) mass is 843 g/mol. The van der Waals surface area contributed by atoms with Gasteiger partial charge in [-0.2, -0.15) is 0 Å². The molecule has 0 spiro atoms. The van der Waals surface area contributed by atoms with Gasteiger partial charge in [0.05, 0.1) is 11.3 Å². The topological polar surface area (TPSA) is 19.6 Å². The van der Waals surface area contributed by atoms with Crippen molar-refractivity contribution in [1.29, 1.82) is 0 Å². The summed E-state index contributed by atoms with van der Waals surface area (Å²) in [4.78, 5) is 5.18. The highest BCUT2D eigenvalue weighted by molar-refractivity contribution is 7.00. The summed E-state index contributed by atoms with van der Waals surface area (Å²) >= 11 is 0. The molecule has 3 nitrogen and oxygen atoms in total. The number of fused-ring (bicyclic) bond motifs is 7. The highest BCUT2D eigenvalue weighted by Crippen LogP contribution is 2.52. The standard InChI is InChI=1S/C60H67BN2O/c1-36-29-50-53-51(30-36)63(49-33-41(57(6,7)8)31-44(37(49)2)58(9,10)11)48-26-23-40(56(3,4)5)32-47(48)61(53)55-54(62(50)42-24-21-39(22-25-42)38-19-17-16-18-20-38)43-34-45-46(35-52(43)64-55)60(14,15)28-27-59(45,12)13/h16-26,29-35H,27-28H2,1-15H3. The minimum Gasteiger partial charge on any atom is -0.468 e. The summed E-state index contributed by atoms with van der Waals surface area (Å²) in [5.41, 5.74) is 23.7. The molecule has 0 fully saturated rings. The summed E-state index contributed by atoms with van der Waals surface area (Å²) in [6, 6.07) is 42.1. The van der Waals surface area contributed by atoms with E-state index >= 15 is 0 Å². The third-order valence-electron chi connectivity index (χ3n) is 15.2. The molecular formula is C60H67BN2O. The molecule has 1 aliphatic carbocycles. The van der Waals surface area contributed by atoms with E-state index in [-0.39, 0.29) is 33.8 Å².